The number of fused-ring (bicyclic) bond motifs is 2. The van der Waals surface area contributed by atoms with Crippen molar-refractivity contribution < 1.29 is 8.83 Å². The lowest BCUT2D eigenvalue weighted by molar-refractivity contribution is 0.553. The number of benzene rings is 2. The molecule has 0 radical (unpaired) electrons. The van der Waals surface area contributed by atoms with Crippen molar-refractivity contribution in [1.29, 1.82) is 0 Å². The summed E-state index contributed by atoms with van der Waals surface area (Å²) in [6.45, 7) is 2.95. The van der Waals surface area contributed by atoms with Gasteiger partial charge in [-0.05, 0) is 42.8 Å². The van der Waals surface area contributed by atoms with Gasteiger partial charge in [0.05, 0.1) is 0 Å². The van der Waals surface area contributed by atoms with E-state index in [1.54, 1.807) is 24.3 Å². The summed E-state index contributed by atoms with van der Waals surface area (Å²) in [5.41, 5.74) is 2.40. The third kappa shape index (κ3) is 2.98. The fourth-order valence-electron chi connectivity index (χ4n) is 2.66. The van der Waals surface area contributed by atoms with Crippen LogP contribution in [0, 0.1) is 0 Å². The Morgan fingerprint density at radius 1 is 1.08 bits per heavy atom. The Hall–Kier alpha value is -2.79. The predicted molar refractivity (Wildman–Crippen MR) is 99.3 cm³/mol. The van der Waals surface area contributed by atoms with Crippen LogP contribution in [0.1, 0.15) is 13.3 Å². The average molecular weight is 355 g/mol. The zero-order chi connectivity index (χ0) is 17.4. The lowest BCUT2D eigenvalue weighted by atomic mass is 10.1. The summed E-state index contributed by atoms with van der Waals surface area (Å²) in [5, 5.41) is 4.63. The maximum Gasteiger partial charge on any atom is 0.349 e. The summed E-state index contributed by atoms with van der Waals surface area (Å²) in [7, 11) is 0. The maximum absolute atomic E-state index is 12.4. The fraction of sp³-hybridized carbons (Fsp3) is 0.158. The molecule has 0 bridgehead atoms. The summed E-state index contributed by atoms with van der Waals surface area (Å²) in [6, 6.07) is 12.5. The van der Waals surface area contributed by atoms with Crippen LogP contribution < -0.4 is 10.9 Å². The molecule has 5 nitrogen and oxygen atoms in total. The van der Waals surface area contributed by atoms with Gasteiger partial charge in [-0.15, -0.1) is 0 Å². The molecule has 0 unspecified atom stereocenters. The van der Waals surface area contributed by atoms with Crippen LogP contribution in [-0.2, 0) is 0 Å². The molecule has 4 rings (SSSR count). The Morgan fingerprint density at radius 3 is 2.80 bits per heavy atom. The lowest BCUT2D eigenvalue weighted by Crippen LogP contribution is -2.04. The highest BCUT2D eigenvalue weighted by molar-refractivity contribution is 6.31. The van der Waals surface area contributed by atoms with Gasteiger partial charge in [-0.25, -0.2) is 9.78 Å². The van der Waals surface area contributed by atoms with Crippen molar-refractivity contribution in [3.05, 3.63) is 57.9 Å². The zero-order valence-corrected chi connectivity index (χ0v) is 14.3. The Bertz CT molecular complexity index is 1130. The minimum Gasteiger partial charge on any atom is -0.436 e. The smallest absolute Gasteiger partial charge is 0.349 e. The Labute approximate surface area is 148 Å². The van der Waals surface area contributed by atoms with Crippen molar-refractivity contribution >= 4 is 39.4 Å². The highest BCUT2D eigenvalue weighted by Crippen LogP contribution is 2.27. The zero-order valence-electron chi connectivity index (χ0n) is 13.5. The minimum atomic E-state index is -0.488. The molecule has 2 aromatic heterocycles. The van der Waals surface area contributed by atoms with Gasteiger partial charge in [-0.2, -0.15) is 0 Å². The van der Waals surface area contributed by atoms with E-state index in [0.29, 0.717) is 21.7 Å². The van der Waals surface area contributed by atoms with Crippen molar-refractivity contribution in [2.75, 3.05) is 11.9 Å². The number of nitrogens with one attached hydrogen (secondary N) is 1. The van der Waals surface area contributed by atoms with E-state index in [0.717, 1.165) is 24.0 Å². The fourth-order valence-corrected chi connectivity index (χ4v) is 2.82. The summed E-state index contributed by atoms with van der Waals surface area (Å²) < 4.78 is 11.1. The minimum absolute atomic E-state index is 0.223. The van der Waals surface area contributed by atoms with Gasteiger partial charge in [0.1, 0.15) is 16.7 Å². The second-order valence-electron chi connectivity index (χ2n) is 5.76. The van der Waals surface area contributed by atoms with E-state index >= 15 is 0 Å². The van der Waals surface area contributed by atoms with E-state index in [4.69, 9.17) is 20.4 Å². The van der Waals surface area contributed by atoms with Crippen LogP contribution >= 0.6 is 11.6 Å². The van der Waals surface area contributed by atoms with Gasteiger partial charge in [0.2, 0.25) is 5.89 Å². The quantitative estimate of drug-likeness (QED) is 0.518. The lowest BCUT2D eigenvalue weighted by Gasteiger charge is -2.05. The Balaban J connectivity index is 1.81. The van der Waals surface area contributed by atoms with E-state index in [2.05, 4.69) is 17.2 Å². The SMILES string of the molecule is CCCNc1ccc2cc(-c3nc4cc(Cl)ccc4o3)c(=O)oc2c1. The van der Waals surface area contributed by atoms with E-state index in [9.17, 15) is 4.79 Å². The first kappa shape index (κ1) is 15.7. The number of aromatic nitrogens is 1. The molecule has 126 valence electrons. The first-order valence-electron chi connectivity index (χ1n) is 8.02. The number of hydrogen-bond acceptors (Lipinski definition) is 5. The molecule has 0 fully saturated rings. The highest BCUT2D eigenvalue weighted by Gasteiger charge is 2.15. The summed E-state index contributed by atoms with van der Waals surface area (Å²) >= 11 is 5.97. The van der Waals surface area contributed by atoms with Gasteiger partial charge in [0, 0.05) is 28.7 Å². The molecule has 2 aromatic carbocycles. The topological polar surface area (TPSA) is 68.3 Å². The van der Waals surface area contributed by atoms with E-state index in [1.165, 1.54) is 0 Å². The number of halogens is 1. The summed E-state index contributed by atoms with van der Waals surface area (Å²) in [5.74, 6) is 0.223. The van der Waals surface area contributed by atoms with Crippen LogP contribution in [0.4, 0.5) is 5.69 Å². The highest BCUT2D eigenvalue weighted by atomic mass is 35.5. The van der Waals surface area contributed by atoms with Crippen LogP contribution in [-0.4, -0.2) is 11.5 Å². The van der Waals surface area contributed by atoms with Crippen LogP contribution in [0.15, 0.2) is 56.1 Å². The van der Waals surface area contributed by atoms with Crippen molar-refractivity contribution in [3.63, 3.8) is 0 Å². The molecule has 0 saturated heterocycles. The molecule has 2 heterocycles. The molecule has 0 atom stereocenters. The number of oxazole rings is 1. The van der Waals surface area contributed by atoms with Crippen LogP contribution in [0.25, 0.3) is 33.5 Å². The summed E-state index contributed by atoms with van der Waals surface area (Å²) in [6.07, 6.45) is 1.02. The third-order valence-corrected chi connectivity index (χ3v) is 4.13. The van der Waals surface area contributed by atoms with E-state index in [-0.39, 0.29) is 11.5 Å². The maximum atomic E-state index is 12.4. The van der Waals surface area contributed by atoms with Crippen molar-refractivity contribution in [2.45, 2.75) is 13.3 Å². The van der Waals surface area contributed by atoms with Crippen molar-refractivity contribution in [1.82, 2.24) is 4.98 Å². The molecule has 0 aliphatic carbocycles. The van der Waals surface area contributed by atoms with Gasteiger partial charge in [0.15, 0.2) is 5.58 Å². The monoisotopic (exact) mass is 354 g/mol. The normalized spacial score (nSPS) is 11.3. The number of hydrogen-bond donors (Lipinski definition) is 1. The molecule has 0 aliphatic rings. The molecule has 0 saturated carbocycles. The molecular formula is C19H15ClN2O3. The molecule has 0 aliphatic heterocycles. The van der Waals surface area contributed by atoms with E-state index in [1.807, 2.05) is 18.2 Å². The van der Waals surface area contributed by atoms with Gasteiger partial charge in [0.25, 0.3) is 0 Å². The van der Waals surface area contributed by atoms with Crippen molar-refractivity contribution in [3.8, 4) is 11.5 Å². The number of anilines is 1. The van der Waals surface area contributed by atoms with E-state index < -0.39 is 5.63 Å². The average Bonchev–Trinajstić information content (AvgIpc) is 3.01. The molecule has 25 heavy (non-hydrogen) atoms. The van der Waals surface area contributed by atoms with Crippen LogP contribution in [0.5, 0.6) is 0 Å². The van der Waals surface area contributed by atoms with Crippen LogP contribution in [0.2, 0.25) is 5.02 Å². The summed E-state index contributed by atoms with van der Waals surface area (Å²) in [4.78, 5) is 16.7. The first-order chi connectivity index (χ1) is 12.1. The molecule has 4 aromatic rings. The first-order valence-corrected chi connectivity index (χ1v) is 8.40. The van der Waals surface area contributed by atoms with Gasteiger partial charge < -0.3 is 14.2 Å². The number of nitrogens with zero attached hydrogens (tertiary/aromatic N) is 1. The molecule has 1 N–H and O–H groups in total. The second kappa shape index (κ2) is 6.26. The predicted octanol–water partition coefficient (Wildman–Crippen LogP) is 5.08. The standard InChI is InChI=1S/C19H15ClN2O3/c1-2-7-21-13-5-3-11-8-14(19(23)25-17(11)10-13)18-22-15-9-12(20)4-6-16(15)24-18/h3-6,8-10,21H,2,7H2,1H3. The molecule has 0 amide bonds. The molecule has 6 heteroatoms. The van der Waals surface area contributed by atoms with Crippen molar-refractivity contribution in [2.24, 2.45) is 0 Å². The molecular weight excluding hydrogens is 340 g/mol. The Kier molecular flexibility index (Phi) is 3.93. The van der Waals surface area contributed by atoms with Gasteiger partial charge in [-0.3, -0.25) is 0 Å². The van der Waals surface area contributed by atoms with Gasteiger partial charge >= 0.3 is 5.63 Å². The Morgan fingerprint density at radius 2 is 1.96 bits per heavy atom. The largest absolute Gasteiger partial charge is 0.436 e. The molecule has 0 spiro atoms. The number of rotatable bonds is 4. The third-order valence-electron chi connectivity index (χ3n) is 3.90. The van der Waals surface area contributed by atoms with Gasteiger partial charge in [-0.1, -0.05) is 18.5 Å². The van der Waals surface area contributed by atoms with Crippen LogP contribution in [0.3, 0.4) is 0 Å². The second-order valence-corrected chi connectivity index (χ2v) is 6.19.